The number of piperidine rings is 1. The smallest absolute Gasteiger partial charge is 0.316 e. The maximum atomic E-state index is 12.6. The molecule has 0 aromatic heterocycles. The summed E-state index contributed by atoms with van der Waals surface area (Å²) in [5.41, 5.74) is 0.827. The van der Waals surface area contributed by atoms with Crippen LogP contribution < -0.4 is 0 Å². The molecule has 1 aliphatic heterocycles. The maximum absolute atomic E-state index is 12.6. The molecule has 1 heterocycles. The third kappa shape index (κ3) is 3.61. The number of rotatable bonds is 5. The summed E-state index contributed by atoms with van der Waals surface area (Å²) >= 11 is 0. The number of aliphatic hydroxyl groups is 1. The maximum Gasteiger partial charge on any atom is 0.316 e. The number of ether oxygens (including phenoxy) is 1. The molecule has 5 atom stereocenters. The number of fused-ring (bicyclic) bond motifs is 1. The van der Waals surface area contributed by atoms with E-state index in [-0.39, 0.29) is 18.7 Å². The lowest BCUT2D eigenvalue weighted by atomic mass is 9.88. The Balaban J connectivity index is 1.67. The SMILES string of the molecule is CC(C)[N+]1(C)CCCC2CC(OC(=O)C(CO)c3ccccc3)CC21. The molecule has 0 radical (unpaired) electrons. The minimum Gasteiger partial charge on any atom is -0.462 e. The van der Waals surface area contributed by atoms with Crippen molar-refractivity contribution in [3.8, 4) is 0 Å². The highest BCUT2D eigenvalue weighted by Gasteiger charge is 2.50. The number of esters is 1. The standard InChI is InChI=1S/C21H32NO3/c1-15(2)22(3)11-7-10-17-12-18(13-20(17)22)25-21(24)19(14-23)16-8-5-4-6-9-16/h4-6,8-9,15,17-20,23H,7,10-14H2,1-3H3/q+1. The van der Waals surface area contributed by atoms with Crippen molar-refractivity contribution in [1.29, 1.82) is 0 Å². The molecule has 1 saturated carbocycles. The number of hydrogen-bond acceptors (Lipinski definition) is 3. The summed E-state index contributed by atoms with van der Waals surface area (Å²) in [4.78, 5) is 12.6. The molecule has 2 aliphatic rings. The first-order valence-corrected chi connectivity index (χ1v) is 9.67. The van der Waals surface area contributed by atoms with E-state index in [1.165, 1.54) is 19.4 Å². The Kier molecular flexibility index (Phi) is 5.49. The molecule has 138 valence electrons. The summed E-state index contributed by atoms with van der Waals surface area (Å²) in [6.45, 7) is 5.63. The molecule has 25 heavy (non-hydrogen) atoms. The van der Waals surface area contributed by atoms with Gasteiger partial charge in [-0.2, -0.15) is 0 Å². The second-order valence-electron chi connectivity index (χ2n) is 8.31. The quantitative estimate of drug-likeness (QED) is 0.658. The Morgan fingerprint density at radius 2 is 2.00 bits per heavy atom. The van der Waals surface area contributed by atoms with Crippen LogP contribution in [0.3, 0.4) is 0 Å². The normalized spacial score (nSPS) is 33.1. The van der Waals surface area contributed by atoms with E-state index in [0.29, 0.717) is 18.0 Å². The van der Waals surface area contributed by atoms with Gasteiger partial charge in [0.2, 0.25) is 0 Å². The fourth-order valence-corrected chi connectivity index (χ4v) is 4.93. The van der Waals surface area contributed by atoms with Gasteiger partial charge in [-0.05, 0) is 38.7 Å². The van der Waals surface area contributed by atoms with Crippen molar-refractivity contribution in [3.63, 3.8) is 0 Å². The summed E-state index contributed by atoms with van der Waals surface area (Å²) in [6.07, 6.45) is 4.44. The van der Waals surface area contributed by atoms with E-state index in [4.69, 9.17) is 4.74 Å². The predicted molar refractivity (Wildman–Crippen MR) is 98.1 cm³/mol. The average Bonchev–Trinajstić information content (AvgIpc) is 3.00. The molecule has 1 aliphatic carbocycles. The van der Waals surface area contributed by atoms with E-state index in [1.54, 1.807) is 0 Å². The van der Waals surface area contributed by atoms with Crippen LogP contribution in [0.25, 0.3) is 0 Å². The van der Waals surface area contributed by atoms with Crippen molar-refractivity contribution in [2.75, 3.05) is 20.2 Å². The monoisotopic (exact) mass is 346 g/mol. The Bertz CT molecular complexity index is 588. The summed E-state index contributed by atoms with van der Waals surface area (Å²) in [7, 11) is 2.37. The van der Waals surface area contributed by atoms with E-state index in [2.05, 4.69) is 20.9 Å². The first kappa shape index (κ1) is 18.4. The van der Waals surface area contributed by atoms with Gasteiger partial charge in [-0.1, -0.05) is 30.3 Å². The number of quaternary nitrogens is 1. The number of carbonyl (C=O) groups is 1. The molecule has 1 aromatic rings. The van der Waals surface area contributed by atoms with Gasteiger partial charge >= 0.3 is 5.97 Å². The van der Waals surface area contributed by atoms with Crippen LogP contribution in [0.5, 0.6) is 0 Å². The molecule has 1 N–H and O–H groups in total. The Labute approximate surface area is 151 Å². The van der Waals surface area contributed by atoms with Crippen molar-refractivity contribution < 1.29 is 19.1 Å². The average molecular weight is 346 g/mol. The van der Waals surface area contributed by atoms with Crippen molar-refractivity contribution in [2.24, 2.45) is 5.92 Å². The fourth-order valence-electron chi connectivity index (χ4n) is 4.93. The molecule has 2 fully saturated rings. The summed E-state index contributed by atoms with van der Waals surface area (Å²) in [5, 5.41) is 9.68. The lowest BCUT2D eigenvalue weighted by Crippen LogP contribution is -2.60. The number of carbonyl (C=O) groups excluding carboxylic acids is 1. The van der Waals surface area contributed by atoms with Crippen molar-refractivity contribution in [3.05, 3.63) is 35.9 Å². The van der Waals surface area contributed by atoms with Crippen LogP contribution in [0.1, 0.15) is 51.0 Å². The molecule has 1 saturated heterocycles. The Morgan fingerprint density at radius 3 is 2.64 bits per heavy atom. The van der Waals surface area contributed by atoms with E-state index in [9.17, 15) is 9.90 Å². The van der Waals surface area contributed by atoms with E-state index >= 15 is 0 Å². The number of nitrogens with zero attached hydrogens (tertiary/aromatic N) is 1. The number of aliphatic hydroxyl groups excluding tert-OH is 1. The largest absolute Gasteiger partial charge is 0.462 e. The molecule has 3 rings (SSSR count). The van der Waals surface area contributed by atoms with E-state index in [1.807, 2.05) is 30.3 Å². The third-order valence-electron chi connectivity index (χ3n) is 6.72. The summed E-state index contributed by atoms with van der Waals surface area (Å²) in [6, 6.07) is 10.6. The van der Waals surface area contributed by atoms with Gasteiger partial charge in [-0.3, -0.25) is 4.79 Å². The molecule has 0 bridgehead atoms. The van der Waals surface area contributed by atoms with Crippen molar-refractivity contribution in [1.82, 2.24) is 0 Å². The van der Waals surface area contributed by atoms with Gasteiger partial charge < -0.3 is 14.3 Å². The number of hydrogen-bond donors (Lipinski definition) is 1. The third-order valence-corrected chi connectivity index (χ3v) is 6.72. The van der Waals surface area contributed by atoms with Crippen LogP contribution in [0.2, 0.25) is 0 Å². The molecule has 4 nitrogen and oxygen atoms in total. The number of benzene rings is 1. The molecule has 4 heteroatoms. The minimum atomic E-state index is -0.574. The minimum absolute atomic E-state index is 0.00503. The van der Waals surface area contributed by atoms with E-state index in [0.717, 1.165) is 22.9 Å². The lowest BCUT2D eigenvalue weighted by Gasteiger charge is -2.49. The molecule has 1 aromatic carbocycles. The highest BCUT2D eigenvalue weighted by atomic mass is 16.5. The van der Waals surface area contributed by atoms with Gasteiger partial charge in [0.25, 0.3) is 0 Å². The molecule has 0 amide bonds. The summed E-state index contributed by atoms with van der Waals surface area (Å²) in [5.74, 6) is -0.200. The van der Waals surface area contributed by atoms with Gasteiger partial charge in [0.1, 0.15) is 12.0 Å². The van der Waals surface area contributed by atoms with Crippen LogP contribution in [-0.4, -0.2) is 53.9 Å². The summed E-state index contributed by atoms with van der Waals surface area (Å²) < 4.78 is 6.97. The second-order valence-corrected chi connectivity index (χ2v) is 8.31. The zero-order chi connectivity index (χ0) is 18.0. The molecule has 0 spiro atoms. The predicted octanol–water partition coefficient (Wildman–Crippen LogP) is 3.10. The topological polar surface area (TPSA) is 46.5 Å². The van der Waals surface area contributed by atoms with Crippen molar-refractivity contribution in [2.45, 2.75) is 63.6 Å². The first-order valence-electron chi connectivity index (χ1n) is 9.67. The lowest BCUT2D eigenvalue weighted by molar-refractivity contribution is -0.960. The van der Waals surface area contributed by atoms with Gasteiger partial charge in [0, 0.05) is 12.3 Å². The van der Waals surface area contributed by atoms with Gasteiger partial charge in [0.15, 0.2) is 0 Å². The van der Waals surface area contributed by atoms with Crippen LogP contribution in [0.4, 0.5) is 0 Å². The highest BCUT2D eigenvalue weighted by molar-refractivity contribution is 5.78. The second kappa shape index (κ2) is 7.46. The first-order chi connectivity index (χ1) is 12.0. The van der Waals surface area contributed by atoms with Crippen LogP contribution in [0, 0.1) is 5.92 Å². The van der Waals surface area contributed by atoms with E-state index < -0.39 is 5.92 Å². The highest BCUT2D eigenvalue weighted by Crippen LogP contribution is 2.43. The molecule has 5 unspecified atom stereocenters. The van der Waals surface area contributed by atoms with Crippen LogP contribution in [-0.2, 0) is 9.53 Å². The zero-order valence-corrected chi connectivity index (χ0v) is 15.7. The van der Waals surface area contributed by atoms with Gasteiger partial charge in [-0.25, -0.2) is 0 Å². The van der Waals surface area contributed by atoms with Crippen LogP contribution >= 0.6 is 0 Å². The molecular weight excluding hydrogens is 314 g/mol. The Morgan fingerprint density at radius 1 is 1.28 bits per heavy atom. The number of likely N-dealkylation sites (tertiary alicyclic amines) is 1. The van der Waals surface area contributed by atoms with Gasteiger partial charge in [-0.15, -0.1) is 0 Å². The van der Waals surface area contributed by atoms with Gasteiger partial charge in [0.05, 0.1) is 32.3 Å². The zero-order valence-electron chi connectivity index (χ0n) is 15.7. The van der Waals surface area contributed by atoms with Crippen molar-refractivity contribution >= 4 is 5.97 Å². The fraction of sp³-hybridized carbons (Fsp3) is 0.667. The Hall–Kier alpha value is -1.39. The molecular formula is C21H32NO3+. The van der Waals surface area contributed by atoms with Crippen LogP contribution in [0.15, 0.2) is 30.3 Å².